The minimum absolute atomic E-state index is 0.123. The molecule has 30 heavy (non-hydrogen) atoms. The maximum Gasteiger partial charge on any atom is 0.410 e. The minimum atomic E-state index is -0.383. The van der Waals surface area contributed by atoms with Gasteiger partial charge in [-0.1, -0.05) is 30.3 Å². The maximum absolute atomic E-state index is 13.4. The van der Waals surface area contributed by atoms with E-state index in [1.807, 2.05) is 30.3 Å². The van der Waals surface area contributed by atoms with Crippen molar-refractivity contribution < 1.29 is 18.7 Å². The Hall–Kier alpha value is -2.01. The first kappa shape index (κ1) is 22.7. The number of nitrogens with zero attached hydrogens (tertiary/aromatic N) is 2. The molecule has 0 saturated carbocycles. The lowest BCUT2D eigenvalue weighted by Crippen LogP contribution is -2.42. The Morgan fingerprint density at radius 3 is 2.53 bits per heavy atom. The van der Waals surface area contributed by atoms with Gasteiger partial charge < -0.3 is 15.0 Å². The molecule has 1 aliphatic heterocycles. The van der Waals surface area contributed by atoms with Gasteiger partial charge in [0.05, 0.1) is 27.3 Å². The molecule has 0 atom stereocenters. The number of rotatable bonds is 5. The Labute approximate surface area is 196 Å². The molecule has 0 aromatic heterocycles. The highest BCUT2D eigenvalue weighted by atomic mass is 127. The number of amidine groups is 1. The highest BCUT2D eigenvalue weighted by Crippen LogP contribution is 2.23. The van der Waals surface area contributed by atoms with E-state index in [0.29, 0.717) is 36.1 Å². The zero-order valence-corrected chi connectivity index (χ0v) is 19.7. The number of piperidine rings is 1. The number of hydrogen-bond acceptors (Lipinski definition) is 4. The third-order valence-electron chi connectivity index (χ3n) is 4.83. The molecule has 1 aliphatic rings. The fourth-order valence-corrected chi connectivity index (χ4v) is 3.90. The van der Waals surface area contributed by atoms with E-state index in [0.717, 1.165) is 5.56 Å². The van der Waals surface area contributed by atoms with Gasteiger partial charge in [-0.25, -0.2) is 9.18 Å². The fourth-order valence-electron chi connectivity index (χ4n) is 3.16. The molecule has 3 rings (SSSR count). The van der Waals surface area contributed by atoms with Crippen LogP contribution in [0, 0.1) is 11.7 Å². The number of anilines is 1. The third kappa shape index (κ3) is 6.00. The summed E-state index contributed by atoms with van der Waals surface area (Å²) in [6.45, 7) is 1.11. The Morgan fingerprint density at radius 2 is 1.90 bits per heavy atom. The topological polar surface area (TPSA) is 71.0 Å². The van der Waals surface area contributed by atoms with E-state index in [-0.39, 0.29) is 36.1 Å². The lowest BCUT2D eigenvalue weighted by atomic mass is 9.92. The van der Waals surface area contributed by atoms with E-state index in [4.69, 9.17) is 4.74 Å². The summed E-state index contributed by atoms with van der Waals surface area (Å²) in [6.07, 6.45) is 0.690. The minimum Gasteiger partial charge on any atom is -0.445 e. The summed E-state index contributed by atoms with van der Waals surface area (Å²) >= 11 is 4.90. The van der Waals surface area contributed by atoms with E-state index in [2.05, 4.69) is 24.5 Å². The van der Waals surface area contributed by atoms with Crippen LogP contribution in [-0.4, -0.2) is 35.7 Å². The monoisotopic (exact) mass is 587 g/mol. The highest BCUT2D eigenvalue weighted by molar-refractivity contribution is 14.1. The smallest absolute Gasteiger partial charge is 0.410 e. The molecule has 0 spiro atoms. The predicted molar refractivity (Wildman–Crippen MR) is 125 cm³/mol. The van der Waals surface area contributed by atoms with Crippen LogP contribution in [0.3, 0.4) is 0 Å². The number of nitrogens with one attached hydrogen (secondary N) is 1. The standard InChI is InChI=1S/C21H20BrFIN3O3/c22-17-12-16(6-7-18(17)23)25-20(26-24)19(28)15-8-10-27(11-9-15)21(29)30-13-14-4-2-1-3-5-14/h1-7,12,15H,8-11,13H2,(H,25,26). The van der Waals surface area contributed by atoms with Gasteiger partial charge in [0.1, 0.15) is 12.4 Å². The van der Waals surface area contributed by atoms with Crippen molar-refractivity contribution >= 4 is 62.2 Å². The summed E-state index contributed by atoms with van der Waals surface area (Å²) < 4.78 is 23.1. The number of ether oxygens (including phenoxy) is 1. The van der Waals surface area contributed by atoms with Gasteiger partial charge in [-0.15, -0.1) is 0 Å². The lowest BCUT2D eigenvalue weighted by molar-refractivity contribution is -0.117. The molecule has 0 unspecified atom stereocenters. The average molecular weight is 588 g/mol. The first-order chi connectivity index (χ1) is 14.5. The number of carbonyl (C=O) groups is 2. The number of amides is 1. The van der Waals surface area contributed by atoms with Crippen molar-refractivity contribution in [3.05, 3.63) is 64.4 Å². The summed E-state index contributed by atoms with van der Waals surface area (Å²) in [7, 11) is 0. The molecule has 158 valence electrons. The van der Waals surface area contributed by atoms with Crippen LogP contribution >= 0.6 is 38.8 Å². The Kier molecular flexibility index (Phi) is 8.20. The number of ketones is 1. The van der Waals surface area contributed by atoms with E-state index in [1.54, 1.807) is 39.9 Å². The van der Waals surface area contributed by atoms with Crippen molar-refractivity contribution in [1.82, 2.24) is 4.90 Å². The van der Waals surface area contributed by atoms with Crippen LogP contribution in [-0.2, 0) is 16.1 Å². The number of Topliss-reactive ketones (excluding diaryl/α,β-unsaturated/α-hetero) is 1. The molecule has 0 bridgehead atoms. The molecular weight excluding hydrogens is 568 g/mol. The predicted octanol–water partition coefficient (Wildman–Crippen LogP) is 5.37. The molecular formula is C21H20BrFIN3O3. The molecule has 0 radical (unpaired) electrons. The van der Waals surface area contributed by atoms with Crippen LogP contribution in [0.5, 0.6) is 0 Å². The molecule has 2 aromatic rings. The van der Waals surface area contributed by atoms with Crippen LogP contribution in [0.4, 0.5) is 14.9 Å². The number of hydrogen-bond donors (Lipinski definition) is 1. The van der Waals surface area contributed by atoms with Gasteiger partial charge >= 0.3 is 6.09 Å². The Balaban J connectivity index is 1.51. The number of likely N-dealkylation sites (tertiary alicyclic amines) is 1. The Bertz CT molecular complexity index is 934. The van der Waals surface area contributed by atoms with Gasteiger partial charge in [-0.2, -0.15) is 3.21 Å². The van der Waals surface area contributed by atoms with Crippen molar-refractivity contribution in [3.8, 4) is 0 Å². The van der Waals surface area contributed by atoms with Gasteiger partial charge in [-0.3, -0.25) is 4.79 Å². The third-order valence-corrected chi connectivity index (χ3v) is 5.92. The highest BCUT2D eigenvalue weighted by Gasteiger charge is 2.30. The first-order valence-corrected chi connectivity index (χ1v) is 11.1. The second-order valence-electron chi connectivity index (χ2n) is 6.85. The van der Waals surface area contributed by atoms with Crippen molar-refractivity contribution in [3.63, 3.8) is 0 Å². The first-order valence-electron chi connectivity index (χ1n) is 9.39. The average Bonchev–Trinajstić information content (AvgIpc) is 2.78. The number of benzene rings is 2. The second-order valence-corrected chi connectivity index (χ2v) is 8.19. The van der Waals surface area contributed by atoms with Gasteiger partial charge in [0.25, 0.3) is 0 Å². The van der Waals surface area contributed by atoms with Crippen molar-refractivity contribution in [2.24, 2.45) is 9.12 Å². The summed E-state index contributed by atoms with van der Waals surface area (Å²) in [5.74, 6) is -0.541. The van der Waals surface area contributed by atoms with Gasteiger partial charge in [0.15, 0.2) is 5.84 Å². The van der Waals surface area contributed by atoms with Gasteiger partial charge in [0.2, 0.25) is 5.78 Å². The van der Waals surface area contributed by atoms with Gasteiger partial charge in [-0.05, 0) is 52.5 Å². The molecule has 1 saturated heterocycles. The summed E-state index contributed by atoms with van der Waals surface area (Å²) in [5.41, 5.74) is 1.49. The van der Waals surface area contributed by atoms with Gasteiger partial charge in [0, 0.05) is 24.7 Å². The van der Waals surface area contributed by atoms with Crippen molar-refractivity contribution in [2.45, 2.75) is 19.4 Å². The van der Waals surface area contributed by atoms with E-state index in [9.17, 15) is 14.0 Å². The molecule has 0 aliphatic carbocycles. The molecule has 1 N–H and O–H groups in total. The van der Waals surface area contributed by atoms with Crippen LogP contribution in [0.2, 0.25) is 0 Å². The summed E-state index contributed by atoms with van der Waals surface area (Å²) in [5, 5.41) is 2.96. The summed E-state index contributed by atoms with van der Waals surface area (Å²) in [4.78, 5) is 26.8. The zero-order chi connectivity index (χ0) is 21.5. The molecule has 2 aromatic carbocycles. The van der Waals surface area contributed by atoms with Crippen molar-refractivity contribution in [1.29, 1.82) is 0 Å². The SMILES string of the molecule is O=C(/C(=N/I)Nc1ccc(F)c(Br)c1)C1CCN(C(=O)OCc2ccccc2)CC1. The Morgan fingerprint density at radius 1 is 1.20 bits per heavy atom. The second kappa shape index (κ2) is 10.9. The fraction of sp³-hybridized carbons (Fsp3) is 0.286. The summed E-state index contributed by atoms with van der Waals surface area (Å²) in [6, 6.07) is 13.9. The molecule has 1 heterocycles. The van der Waals surface area contributed by atoms with Crippen LogP contribution in [0.25, 0.3) is 0 Å². The molecule has 6 nitrogen and oxygen atoms in total. The van der Waals surface area contributed by atoms with Crippen molar-refractivity contribution in [2.75, 3.05) is 18.4 Å². The number of halogens is 3. The maximum atomic E-state index is 13.4. The van der Waals surface area contributed by atoms with Crippen LogP contribution in [0.15, 0.2) is 56.2 Å². The largest absolute Gasteiger partial charge is 0.445 e. The van der Waals surface area contributed by atoms with E-state index < -0.39 is 0 Å². The normalized spacial score (nSPS) is 15.0. The molecule has 1 fully saturated rings. The quantitative estimate of drug-likeness (QED) is 0.290. The van der Waals surface area contributed by atoms with E-state index in [1.165, 1.54) is 6.07 Å². The number of carbonyl (C=O) groups excluding carboxylic acids is 2. The lowest BCUT2D eigenvalue weighted by Gasteiger charge is -2.30. The molecule has 1 amide bonds. The van der Waals surface area contributed by atoms with E-state index >= 15 is 0 Å². The zero-order valence-electron chi connectivity index (χ0n) is 16.0. The molecule has 9 heteroatoms. The van der Waals surface area contributed by atoms with Crippen LogP contribution in [0.1, 0.15) is 18.4 Å². The van der Waals surface area contributed by atoms with Crippen LogP contribution < -0.4 is 5.32 Å².